The van der Waals surface area contributed by atoms with Crippen molar-refractivity contribution in [2.45, 2.75) is 24.2 Å². The molecule has 0 bridgehead atoms. The quantitative estimate of drug-likeness (QED) is 0.184. The van der Waals surface area contributed by atoms with Crippen molar-refractivity contribution in [1.82, 2.24) is 9.55 Å². The van der Waals surface area contributed by atoms with Gasteiger partial charge in [-0.15, -0.1) is 0 Å². The van der Waals surface area contributed by atoms with E-state index in [1.807, 2.05) is 6.92 Å². The Bertz CT molecular complexity index is 1690. The van der Waals surface area contributed by atoms with E-state index < -0.39 is 23.1 Å². The van der Waals surface area contributed by atoms with Gasteiger partial charge in [-0.05, 0) is 31.5 Å². The number of ether oxygens (including phenoxy) is 3. The number of nitrogens with two attached hydrogens (primary N) is 1. The molecule has 42 heavy (non-hydrogen) atoms. The number of rotatable bonds is 11. The van der Waals surface area contributed by atoms with E-state index in [-0.39, 0.29) is 56.3 Å². The molecule has 1 unspecified atom stereocenters. The molecule has 1 aliphatic heterocycles. The maximum absolute atomic E-state index is 15.1. The summed E-state index contributed by atoms with van der Waals surface area (Å²) >= 11 is 0.00552. The van der Waals surface area contributed by atoms with Crippen LogP contribution >= 0.6 is 0 Å². The fourth-order valence-corrected chi connectivity index (χ4v) is 5.98. The van der Waals surface area contributed by atoms with Crippen molar-refractivity contribution in [3.63, 3.8) is 0 Å². The van der Waals surface area contributed by atoms with Gasteiger partial charge in [0.1, 0.15) is 0 Å². The third-order valence-electron chi connectivity index (χ3n) is 6.25. The van der Waals surface area contributed by atoms with Gasteiger partial charge in [0.05, 0.1) is 18.9 Å². The van der Waals surface area contributed by atoms with Crippen LogP contribution in [-0.4, -0.2) is 33.1 Å². The van der Waals surface area contributed by atoms with Gasteiger partial charge >= 0.3 is 147 Å². The summed E-state index contributed by atoms with van der Waals surface area (Å²) in [5.74, 6) is -1.28. The second-order valence-electron chi connectivity index (χ2n) is 9.21. The van der Waals surface area contributed by atoms with E-state index in [1.54, 1.807) is 13.0 Å². The molecule has 220 valence electrons. The van der Waals surface area contributed by atoms with E-state index in [0.29, 0.717) is 34.2 Å². The zero-order chi connectivity index (χ0) is 29.8. The molecule has 5 rings (SSSR count). The number of alkyl halides is 2. The molecular weight excluding hydrogens is 661 g/mol. The molecule has 12 heteroatoms. The van der Waals surface area contributed by atoms with Gasteiger partial charge < -0.3 is 9.47 Å². The third kappa shape index (κ3) is 6.32. The van der Waals surface area contributed by atoms with E-state index >= 15 is 4.39 Å². The summed E-state index contributed by atoms with van der Waals surface area (Å²) in [6.45, 7) is 4.09. The Labute approximate surface area is 250 Å². The first kappa shape index (κ1) is 29.3. The van der Waals surface area contributed by atoms with Crippen molar-refractivity contribution in [3.8, 4) is 28.7 Å². The molecule has 2 aromatic carbocycles. The molecule has 3 N–H and O–H groups in total. The molecule has 0 aliphatic carbocycles. The summed E-state index contributed by atoms with van der Waals surface area (Å²) in [5.41, 5.74) is 6.22. The number of halogens is 3. The fraction of sp³-hybridized carbons (Fsp3) is 0.233. The number of nitrogens with zero attached hydrogens (tertiary/aromatic N) is 2. The maximum atomic E-state index is 15.1. The van der Waals surface area contributed by atoms with Gasteiger partial charge in [0.15, 0.2) is 11.6 Å². The van der Waals surface area contributed by atoms with Crippen LogP contribution in [-0.2, 0) is 0 Å². The van der Waals surface area contributed by atoms with E-state index in [0.717, 1.165) is 16.1 Å². The number of nitrogen functional groups attached to an aromatic ring is 1. The molecule has 0 spiro atoms. The van der Waals surface area contributed by atoms with Gasteiger partial charge in [-0.2, -0.15) is 0 Å². The van der Waals surface area contributed by atoms with Crippen LogP contribution in [0.1, 0.15) is 40.1 Å². The number of carbonyl (C=O) groups excluding carboxylic acids is 1. The fourth-order valence-electron chi connectivity index (χ4n) is 4.22. The summed E-state index contributed by atoms with van der Waals surface area (Å²) in [5, 5.41) is 2.57. The number of hydrogen-bond donors (Lipinski definition) is 2. The monoisotopic (exact) mass is 689 g/mol. The molecule has 3 heterocycles. The topological polar surface area (TPSA) is 118 Å². The standard InChI is InChI=1S/C30H28F2IN4O5/c1-3-13-41-25-15-18(6-7-19(25)31)37-12-10-23(40-4-2)27(30(37)39)29(38)36-17-5-8-22(20(32)14-17)42-24-9-11-35-28(34)26(24)21-16-33-21/h5-12,14-15,21H,3-4,13,16H2,1-2H3,(H2,34,35)(H,36,38)/q-1. The Hall–Kier alpha value is -4.20. The van der Waals surface area contributed by atoms with Crippen molar-refractivity contribution in [3.05, 3.63) is 94.0 Å². The van der Waals surface area contributed by atoms with Crippen molar-refractivity contribution in [2.75, 3.05) is 28.7 Å². The van der Waals surface area contributed by atoms with Gasteiger partial charge in [0.25, 0.3) is 0 Å². The van der Waals surface area contributed by atoms with Crippen LogP contribution < -0.4 is 52.0 Å². The first-order chi connectivity index (χ1) is 20.3. The molecule has 4 aromatic rings. The van der Waals surface area contributed by atoms with Gasteiger partial charge in [0, 0.05) is 12.3 Å². The third-order valence-corrected chi connectivity index (χ3v) is 8.63. The molecule has 1 saturated heterocycles. The summed E-state index contributed by atoms with van der Waals surface area (Å²) < 4.78 is 48.8. The number of pyridine rings is 2. The minimum atomic E-state index is -0.808. The molecule has 2 aromatic heterocycles. The SMILES string of the molecule is CCCOc1cc(-n2ccc(OCC)c(C(=O)Nc3ccc(Oc4ccnc(N)c4C4C[I-]4)c(F)c3)c2=O)ccc1F. The van der Waals surface area contributed by atoms with E-state index in [2.05, 4.69) is 10.3 Å². The predicted molar refractivity (Wildman–Crippen MR) is 150 cm³/mol. The molecule has 9 nitrogen and oxygen atoms in total. The number of nitrogens with one attached hydrogen (secondary N) is 1. The number of aromatic nitrogens is 2. The smallest absolute Gasteiger partial charge is 0.268 e. The summed E-state index contributed by atoms with van der Waals surface area (Å²) in [6.07, 6.45) is 3.61. The minimum Gasteiger partial charge on any atom is -0.268 e. The van der Waals surface area contributed by atoms with Gasteiger partial charge in [-0.3, -0.25) is 9.36 Å². The number of anilines is 2. The second-order valence-corrected chi connectivity index (χ2v) is 12.5. The molecule has 0 radical (unpaired) electrons. The zero-order valence-corrected chi connectivity index (χ0v) is 25.0. The molecule has 0 saturated carbocycles. The Morgan fingerprint density at radius 1 is 1.05 bits per heavy atom. The Morgan fingerprint density at radius 3 is 2.57 bits per heavy atom. The Kier molecular flexibility index (Phi) is 8.90. The van der Waals surface area contributed by atoms with Crippen LogP contribution in [0.15, 0.2) is 65.7 Å². The van der Waals surface area contributed by atoms with Crippen LogP contribution in [0.2, 0.25) is 0 Å². The first-order valence-electron chi connectivity index (χ1n) is 13.2. The normalized spacial score (nSPS) is 14.0. The van der Waals surface area contributed by atoms with Crippen molar-refractivity contribution >= 4 is 17.4 Å². The molecule has 1 amide bonds. The number of carbonyl (C=O) groups is 1. The van der Waals surface area contributed by atoms with Crippen LogP contribution in [0.3, 0.4) is 0 Å². The van der Waals surface area contributed by atoms with Crippen LogP contribution in [0.4, 0.5) is 20.3 Å². The zero-order valence-electron chi connectivity index (χ0n) is 22.8. The van der Waals surface area contributed by atoms with E-state index in [9.17, 15) is 14.0 Å². The first-order valence-corrected chi connectivity index (χ1v) is 16.0. The van der Waals surface area contributed by atoms with Gasteiger partial charge in [-0.1, -0.05) is 6.92 Å². The Morgan fingerprint density at radius 2 is 1.86 bits per heavy atom. The Balaban J connectivity index is 1.42. The summed E-state index contributed by atoms with van der Waals surface area (Å²) in [4.78, 5) is 31.0. The van der Waals surface area contributed by atoms with Gasteiger partial charge in [0.2, 0.25) is 0 Å². The molecular formula is C30H28F2IN4O5-. The van der Waals surface area contributed by atoms with E-state index in [4.69, 9.17) is 19.9 Å². The summed E-state index contributed by atoms with van der Waals surface area (Å²) in [6, 6.07) is 11.0. The number of amides is 1. The van der Waals surface area contributed by atoms with Crippen molar-refractivity contribution in [2.24, 2.45) is 0 Å². The summed E-state index contributed by atoms with van der Waals surface area (Å²) in [7, 11) is 0. The second kappa shape index (κ2) is 12.8. The van der Waals surface area contributed by atoms with Crippen LogP contribution in [0.5, 0.6) is 23.0 Å². The van der Waals surface area contributed by atoms with Crippen LogP contribution in [0.25, 0.3) is 5.69 Å². The molecule has 1 atom stereocenters. The average Bonchev–Trinajstić information content (AvgIpc) is 3.80. The average molecular weight is 689 g/mol. The van der Waals surface area contributed by atoms with E-state index in [1.165, 1.54) is 53.4 Å². The molecule has 1 fully saturated rings. The number of benzene rings is 2. The van der Waals surface area contributed by atoms with Crippen molar-refractivity contribution in [1.29, 1.82) is 0 Å². The number of hydrogen-bond acceptors (Lipinski definition) is 7. The minimum absolute atomic E-state index is 0.00552. The molecule has 1 aliphatic rings. The van der Waals surface area contributed by atoms with Crippen LogP contribution in [0, 0.1) is 11.6 Å². The van der Waals surface area contributed by atoms with Crippen molar-refractivity contribution < 1.29 is 49.0 Å². The van der Waals surface area contributed by atoms with Gasteiger partial charge in [-0.25, -0.2) is 4.39 Å². The predicted octanol–water partition coefficient (Wildman–Crippen LogP) is 2.47.